The van der Waals surface area contributed by atoms with Crippen LogP contribution < -0.4 is 0 Å². The minimum absolute atomic E-state index is 0.0647. The van der Waals surface area contributed by atoms with Gasteiger partial charge in [0.1, 0.15) is 0 Å². The highest BCUT2D eigenvalue weighted by molar-refractivity contribution is 7.89. The number of carbonyl (C=O) groups excluding carboxylic acids is 1. The minimum Gasteiger partial charge on any atom is -0.339 e. The predicted octanol–water partition coefficient (Wildman–Crippen LogP) is 3.57. The average molecular weight is 379 g/mol. The molecule has 0 spiro atoms. The fourth-order valence-corrected chi connectivity index (χ4v) is 5.61. The summed E-state index contributed by atoms with van der Waals surface area (Å²) in [5.74, 6) is -0.0647. The number of nitrogens with zero attached hydrogens (tertiary/aromatic N) is 2. The Labute approximate surface area is 157 Å². The molecule has 0 bridgehead atoms. The first-order valence-corrected chi connectivity index (χ1v) is 11.2. The van der Waals surface area contributed by atoms with E-state index in [2.05, 4.69) is 0 Å². The zero-order valence-corrected chi connectivity index (χ0v) is 16.7. The van der Waals surface area contributed by atoms with Gasteiger partial charge in [-0.1, -0.05) is 31.7 Å². The largest absolute Gasteiger partial charge is 0.339 e. The van der Waals surface area contributed by atoms with E-state index in [-0.39, 0.29) is 16.8 Å². The van der Waals surface area contributed by atoms with Gasteiger partial charge in [0.05, 0.1) is 4.90 Å². The molecule has 1 aromatic carbocycles. The van der Waals surface area contributed by atoms with Crippen molar-refractivity contribution in [3.63, 3.8) is 0 Å². The maximum atomic E-state index is 13.0. The van der Waals surface area contributed by atoms with E-state index in [1.54, 1.807) is 22.5 Å². The molecule has 1 saturated heterocycles. The Bertz CT molecular complexity index is 748. The molecule has 0 unspecified atom stereocenters. The number of amides is 1. The lowest BCUT2D eigenvalue weighted by Crippen LogP contribution is -2.39. The molecule has 0 aromatic heterocycles. The molecule has 6 heteroatoms. The molecule has 1 amide bonds. The first-order valence-electron chi connectivity index (χ1n) is 9.79. The van der Waals surface area contributed by atoms with Crippen LogP contribution in [0.25, 0.3) is 0 Å². The summed E-state index contributed by atoms with van der Waals surface area (Å²) < 4.78 is 27.4. The molecule has 0 radical (unpaired) electrons. The molecule has 1 aliphatic heterocycles. The molecule has 1 heterocycles. The second kappa shape index (κ2) is 8.09. The molecule has 5 nitrogen and oxygen atoms in total. The SMILES string of the molecule is Cc1ccc(S(=O)(=O)N2CCCCC2)cc1C(=O)N(C)C1CCCCC1. The van der Waals surface area contributed by atoms with Crippen molar-refractivity contribution in [2.45, 2.75) is 69.2 Å². The molecular formula is C20H30N2O3S. The van der Waals surface area contributed by atoms with E-state index in [4.69, 9.17) is 0 Å². The number of sulfonamides is 1. The predicted molar refractivity (Wildman–Crippen MR) is 103 cm³/mol. The van der Waals surface area contributed by atoms with Crippen molar-refractivity contribution in [2.75, 3.05) is 20.1 Å². The molecule has 1 aliphatic carbocycles. The van der Waals surface area contributed by atoms with Crippen LogP contribution in [-0.4, -0.2) is 49.7 Å². The summed E-state index contributed by atoms with van der Waals surface area (Å²) in [7, 11) is -1.67. The smallest absolute Gasteiger partial charge is 0.254 e. The van der Waals surface area contributed by atoms with Gasteiger partial charge in [-0.25, -0.2) is 8.42 Å². The Morgan fingerprint density at radius 3 is 2.31 bits per heavy atom. The number of piperidine rings is 1. The molecule has 144 valence electrons. The van der Waals surface area contributed by atoms with Gasteiger partial charge < -0.3 is 4.90 Å². The Hall–Kier alpha value is -1.40. The number of benzene rings is 1. The Morgan fingerprint density at radius 1 is 1.04 bits per heavy atom. The fourth-order valence-electron chi connectivity index (χ4n) is 4.07. The van der Waals surface area contributed by atoms with E-state index < -0.39 is 10.0 Å². The van der Waals surface area contributed by atoms with Crippen molar-refractivity contribution in [1.82, 2.24) is 9.21 Å². The van der Waals surface area contributed by atoms with E-state index in [0.717, 1.165) is 50.5 Å². The van der Waals surface area contributed by atoms with Crippen molar-refractivity contribution < 1.29 is 13.2 Å². The normalized spacial score (nSPS) is 20.1. The average Bonchev–Trinajstić information content (AvgIpc) is 2.68. The monoisotopic (exact) mass is 378 g/mol. The second-order valence-corrected chi connectivity index (χ2v) is 9.59. The lowest BCUT2D eigenvalue weighted by atomic mass is 9.94. The summed E-state index contributed by atoms with van der Waals surface area (Å²) in [4.78, 5) is 15.1. The molecule has 26 heavy (non-hydrogen) atoms. The van der Waals surface area contributed by atoms with Gasteiger partial charge in [0, 0.05) is 31.7 Å². The molecule has 0 N–H and O–H groups in total. The van der Waals surface area contributed by atoms with Crippen molar-refractivity contribution in [3.8, 4) is 0 Å². The quantitative estimate of drug-likeness (QED) is 0.805. The highest BCUT2D eigenvalue weighted by Gasteiger charge is 2.29. The van der Waals surface area contributed by atoms with Gasteiger partial charge in [0.15, 0.2) is 0 Å². The van der Waals surface area contributed by atoms with Gasteiger partial charge in [-0.3, -0.25) is 4.79 Å². The topological polar surface area (TPSA) is 57.7 Å². The van der Waals surface area contributed by atoms with Gasteiger partial charge >= 0.3 is 0 Å². The third kappa shape index (κ3) is 3.96. The van der Waals surface area contributed by atoms with Gasteiger partial charge in [-0.2, -0.15) is 4.31 Å². The van der Waals surface area contributed by atoms with Gasteiger partial charge in [0.25, 0.3) is 5.91 Å². The summed E-state index contributed by atoms with van der Waals surface area (Å²) in [5, 5.41) is 0. The van der Waals surface area contributed by atoms with Crippen LogP contribution in [0.5, 0.6) is 0 Å². The number of aryl methyl sites for hydroxylation is 1. The zero-order chi connectivity index (χ0) is 18.7. The van der Waals surface area contributed by atoms with Crippen LogP contribution in [-0.2, 0) is 10.0 Å². The maximum Gasteiger partial charge on any atom is 0.254 e. The van der Waals surface area contributed by atoms with E-state index in [1.807, 2.05) is 18.9 Å². The van der Waals surface area contributed by atoms with Crippen LogP contribution in [0.1, 0.15) is 67.3 Å². The van der Waals surface area contributed by atoms with E-state index in [9.17, 15) is 13.2 Å². The first kappa shape index (κ1) is 19.4. The molecule has 0 atom stereocenters. The molecular weight excluding hydrogens is 348 g/mol. The summed E-state index contributed by atoms with van der Waals surface area (Å²) in [6.07, 6.45) is 8.51. The Kier molecular flexibility index (Phi) is 6.03. The lowest BCUT2D eigenvalue weighted by Gasteiger charge is -2.32. The molecule has 3 rings (SSSR count). The molecule has 1 saturated carbocycles. The van der Waals surface area contributed by atoms with Crippen molar-refractivity contribution >= 4 is 15.9 Å². The lowest BCUT2D eigenvalue weighted by molar-refractivity contribution is 0.0695. The van der Waals surface area contributed by atoms with E-state index >= 15 is 0 Å². The summed E-state index contributed by atoms with van der Waals surface area (Å²) in [6.45, 7) is 3.02. The molecule has 1 aromatic rings. The van der Waals surface area contributed by atoms with E-state index in [0.29, 0.717) is 18.7 Å². The maximum absolute atomic E-state index is 13.0. The first-order chi connectivity index (χ1) is 12.4. The fraction of sp³-hybridized carbons (Fsp3) is 0.650. The zero-order valence-electron chi connectivity index (χ0n) is 15.9. The summed E-state index contributed by atoms with van der Waals surface area (Å²) in [5.41, 5.74) is 1.34. The third-order valence-corrected chi connectivity index (χ3v) is 7.73. The van der Waals surface area contributed by atoms with Crippen molar-refractivity contribution in [1.29, 1.82) is 0 Å². The second-order valence-electron chi connectivity index (χ2n) is 7.65. The van der Waals surface area contributed by atoms with Crippen LogP contribution in [0.15, 0.2) is 23.1 Å². The Balaban J connectivity index is 1.86. The summed E-state index contributed by atoms with van der Waals surface area (Å²) >= 11 is 0. The highest BCUT2D eigenvalue weighted by atomic mass is 32.2. The summed E-state index contributed by atoms with van der Waals surface area (Å²) in [6, 6.07) is 5.24. The van der Waals surface area contributed by atoms with Gasteiger partial charge in [-0.05, 0) is 50.3 Å². The van der Waals surface area contributed by atoms with Crippen LogP contribution in [0, 0.1) is 6.92 Å². The number of rotatable bonds is 4. The standard InChI is InChI=1S/C20H30N2O3S/c1-16-11-12-18(26(24,25)22-13-7-4-8-14-22)15-19(16)20(23)21(2)17-9-5-3-6-10-17/h11-12,15,17H,3-10,13-14H2,1-2H3. The minimum atomic E-state index is -3.52. The van der Waals surface area contributed by atoms with Gasteiger partial charge in [-0.15, -0.1) is 0 Å². The Morgan fingerprint density at radius 2 is 1.65 bits per heavy atom. The van der Waals surface area contributed by atoms with E-state index in [1.165, 1.54) is 6.42 Å². The highest BCUT2D eigenvalue weighted by Crippen LogP contribution is 2.26. The van der Waals surface area contributed by atoms with Gasteiger partial charge in [0.2, 0.25) is 10.0 Å². The van der Waals surface area contributed by atoms with Crippen LogP contribution >= 0.6 is 0 Å². The molecule has 2 aliphatic rings. The number of carbonyl (C=O) groups is 1. The third-order valence-electron chi connectivity index (χ3n) is 5.84. The number of hydrogen-bond donors (Lipinski definition) is 0. The van der Waals surface area contributed by atoms with Crippen molar-refractivity contribution in [3.05, 3.63) is 29.3 Å². The van der Waals surface area contributed by atoms with Crippen LogP contribution in [0.3, 0.4) is 0 Å². The molecule has 2 fully saturated rings. The van der Waals surface area contributed by atoms with Crippen LogP contribution in [0.4, 0.5) is 0 Å². The van der Waals surface area contributed by atoms with Crippen molar-refractivity contribution in [2.24, 2.45) is 0 Å². The number of hydrogen-bond acceptors (Lipinski definition) is 3. The van der Waals surface area contributed by atoms with Crippen LogP contribution in [0.2, 0.25) is 0 Å².